The highest BCUT2D eigenvalue weighted by atomic mass is 16.5. The van der Waals surface area contributed by atoms with Gasteiger partial charge >= 0.3 is 5.97 Å². The molecular formula is C18H18N4O3. The second-order valence-corrected chi connectivity index (χ2v) is 5.77. The number of anilines is 1. The summed E-state index contributed by atoms with van der Waals surface area (Å²) < 4.78 is 10.2. The largest absolute Gasteiger partial charge is 0.463 e. The van der Waals surface area contributed by atoms with Gasteiger partial charge in [0, 0.05) is 41.8 Å². The van der Waals surface area contributed by atoms with Crippen LogP contribution in [-0.4, -0.2) is 54.3 Å². The fraction of sp³-hybridized carbons (Fsp3) is 0.278. The molecule has 128 valence electrons. The minimum absolute atomic E-state index is 0.0639. The Morgan fingerprint density at radius 2 is 2.08 bits per heavy atom. The number of benzene rings is 1. The SMILES string of the molecule is COC(=O)c1nc(-c2cccc3[nH]ccc23)cc(N2CCOCC2)n1. The number of fused-ring (bicyclic) bond motifs is 1. The van der Waals surface area contributed by atoms with Crippen LogP contribution in [0.2, 0.25) is 0 Å². The molecule has 0 amide bonds. The predicted molar refractivity (Wildman–Crippen MR) is 93.7 cm³/mol. The van der Waals surface area contributed by atoms with Crippen molar-refractivity contribution >= 4 is 22.7 Å². The molecule has 1 fully saturated rings. The Kier molecular flexibility index (Phi) is 4.07. The fourth-order valence-corrected chi connectivity index (χ4v) is 3.02. The molecule has 1 saturated heterocycles. The monoisotopic (exact) mass is 338 g/mol. The number of aromatic nitrogens is 3. The minimum atomic E-state index is -0.544. The van der Waals surface area contributed by atoms with Crippen LogP contribution >= 0.6 is 0 Å². The molecule has 3 heterocycles. The highest BCUT2D eigenvalue weighted by molar-refractivity contribution is 5.95. The maximum absolute atomic E-state index is 12.0. The zero-order chi connectivity index (χ0) is 17.2. The Morgan fingerprint density at radius 1 is 1.24 bits per heavy atom. The van der Waals surface area contributed by atoms with Crippen molar-refractivity contribution in [1.82, 2.24) is 15.0 Å². The molecule has 0 aliphatic carbocycles. The number of ether oxygens (including phenoxy) is 2. The van der Waals surface area contributed by atoms with Gasteiger partial charge in [-0.2, -0.15) is 0 Å². The van der Waals surface area contributed by atoms with Crippen LogP contribution in [-0.2, 0) is 9.47 Å². The Labute approximate surface area is 144 Å². The van der Waals surface area contributed by atoms with Gasteiger partial charge in [0.15, 0.2) is 0 Å². The van der Waals surface area contributed by atoms with Crippen molar-refractivity contribution in [3.05, 3.63) is 42.4 Å². The minimum Gasteiger partial charge on any atom is -0.463 e. The van der Waals surface area contributed by atoms with E-state index in [9.17, 15) is 4.79 Å². The molecule has 1 N–H and O–H groups in total. The summed E-state index contributed by atoms with van der Waals surface area (Å²) in [4.78, 5) is 26.2. The van der Waals surface area contributed by atoms with Crippen molar-refractivity contribution in [2.45, 2.75) is 0 Å². The third kappa shape index (κ3) is 2.94. The Bertz CT molecular complexity index is 916. The van der Waals surface area contributed by atoms with E-state index in [4.69, 9.17) is 9.47 Å². The van der Waals surface area contributed by atoms with Gasteiger partial charge in [-0.1, -0.05) is 12.1 Å². The van der Waals surface area contributed by atoms with Gasteiger partial charge in [0.1, 0.15) is 5.82 Å². The lowest BCUT2D eigenvalue weighted by atomic mass is 10.1. The average Bonchev–Trinajstić information content (AvgIpc) is 3.16. The summed E-state index contributed by atoms with van der Waals surface area (Å²) in [5.74, 6) is 0.230. The molecule has 0 saturated carbocycles. The number of H-pyrrole nitrogens is 1. The number of carbonyl (C=O) groups excluding carboxylic acids is 1. The summed E-state index contributed by atoms with van der Waals surface area (Å²) in [6.07, 6.45) is 1.89. The number of nitrogens with one attached hydrogen (secondary N) is 1. The number of carbonyl (C=O) groups is 1. The molecule has 1 aliphatic heterocycles. The highest BCUT2D eigenvalue weighted by Gasteiger charge is 2.19. The second kappa shape index (κ2) is 6.52. The van der Waals surface area contributed by atoms with Crippen molar-refractivity contribution in [2.24, 2.45) is 0 Å². The second-order valence-electron chi connectivity index (χ2n) is 5.77. The first-order valence-corrected chi connectivity index (χ1v) is 8.13. The third-order valence-electron chi connectivity index (χ3n) is 4.29. The van der Waals surface area contributed by atoms with Crippen LogP contribution in [0.4, 0.5) is 5.82 Å². The van der Waals surface area contributed by atoms with E-state index in [-0.39, 0.29) is 5.82 Å². The molecule has 0 unspecified atom stereocenters. The fourth-order valence-electron chi connectivity index (χ4n) is 3.02. The van der Waals surface area contributed by atoms with E-state index in [0.717, 1.165) is 29.6 Å². The first-order valence-electron chi connectivity index (χ1n) is 8.13. The number of nitrogens with zero attached hydrogens (tertiary/aromatic N) is 3. The van der Waals surface area contributed by atoms with E-state index in [2.05, 4.69) is 19.9 Å². The Morgan fingerprint density at radius 3 is 2.88 bits per heavy atom. The van der Waals surface area contributed by atoms with E-state index in [1.54, 1.807) is 0 Å². The summed E-state index contributed by atoms with van der Waals surface area (Å²) in [6.45, 7) is 2.73. The van der Waals surface area contributed by atoms with Crippen molar-refractivity contribution in [3.8, 4) is 11.3 Å². The van der Waals surface area contributed by atoms with Crippen LogP contribution in [0.25, 0.3) is 22.2 Å². The summed E-state index contributed by atoms with van der Waals surface area (Å²) in [6, 6.07) is 9.87. The van der Waals surface area contributed by atoms with Crippen LogP contribution in [0.5, 0.6) is 0 Å². The summed E-state index contributed by atoms with van der Waals surface area (Å²) in [5.41, 5.74) is 2.66. The van der Waals surface area contributed by atoms with E-state index in [1.165, 1.54) is 7.11 Å². The van der Waals surface area contributed by atoms with Crippen molar-refractivity contribution in [2.75, 3.05) is 38.3 Å². The smallest absolute Gasteiger partial charge is 0.376 e. The molecule has 1 aromatic carbocycles. The van der Waals surface area contributed by atoms with Crippen LogP contribution in [0.15, 0.2) is 36.5 Å². The average molecular weight is 338 g/mol. The van der Waals surface area contributed by atoms with E-state index in [1.807, 2.05) is 36.5 Å². The molecule has 4 rings (SSSR count). The van der Waals surface area contributed by atoms with Gasteiger partial charge in [0.25, 0.3) is 0 Å². The molecule has 0 spiro atoms. The molecule has 2 aromatic heterocycles. The highest BCUT2D eigenvalue weighted by Crippen LogP contribution is 2.29. The zero-order valence-electron chi connectivity index (χ0n) is 13.9. The van der Waals surface area contributed by atoms with Gasteiger partial charge in [-0.05, 0) is 12.1 Å². The molecule has 0 radical (unpaired) electrons. The molecule has 0 bridgehead atoms. The van der Waals surface area contributed by atoms with E-state index < -0.39 is 5.97 Å². The predicted octanol–water partition coefficient (Wildman–Crippen LogP) is 2.25. The van der Waals surface area contributed by atoms with Gasteiger partial charge in [-0.25, -0.2) is 14.8 Å². The quantitative estimate of drug-likeness (QED) is 0.738. The molecule has 3 aromatic rings. The topological polar surface area (TPSA) is 80.3 Å². The van der Waals surface area contributed by atoms with Crippen LogP contribution in [0, 0.1) is 0 Å². The zero-order valence-corrected chi connectivity index (χ0v) is 13.9. The van der Waals surface area contributed by atoms with Crippen molar-refractivity contribution < 1.29 is 14.3 Å². The van der Waals surface area contributed by atoms with E-state index in [0.29, 0.717) is 24.7 Å². The number of hydrogen-bond acceptors (Lipinski definition) is 6. The number of methoxy groups -OCH3 is 1. The standard InChI is InChI=1S/C18H18N4O3/c1-24-18(23)17-20-15(11-16(21-17)22-7-9-25-10-8-22)12-3-2-4-14-13(12)5-6-19-14/h2-6,11,19H,7-10H2,1H3. The summed E-state index contributed by atoms with van der Waals surface area (Å²) in [7, 11) is 1.33. The van der Waals surface area contributed by atoms with Crippen LogP contribution in [0.1, 0.15) is 10.6 Å². The van der Waals surface area contributed by atoms with Gasteiger partial charge in [-0.15, -0.1) is 0 Å². The van der Waals surface area contributed by atoms with Crippen molar-refractivity contribution in [3.63, 3.8) is 0 Å². The third-order valence-corrected chi connectivity index (χ3v) is 4.29. The van der Waals surface area contributed by atoms with Crippen molar-refractivity contribution in [1.29, 1.82) is 0 Å². The number of hydrogen-bond donors (Lipinski definition) is 1. The lowest BCUT2D eigenvalue weighted by molar-refractivity contribution is 0.0587. The van der Waals surface area contributed by atoms with Gasteiger partial charge in [0.2, 0.25) is 5.82 Å². The number of aromatic amines is 1. The lowest BCUT2D eigenvalue weighted by Gasteiger charge is -2.28. The van der Waals surface area contributed by atoms with Gasteiger partial charge in [0.05, 0.1) is 26.0 Å². The molecule has 7 nitrogen and oxygen atoms in total. The number of esters is 1. The van der Waals surface area contributed by atoms with Gasteiger partial charge in [-0.3, -0.25) is 0 Å². The summed E-state index contributed by atoms with van der Waals surface area (Å²) >= 11 is 0. The molecule has 25 heavy (non-hydrogen) atoms. The maximum Gasteiger partial charge on any atom is 0.376 e. The molecule has 7 heteroatoms. The molecule has 0 atom stereocenters. The van der Waals surface area contributed by atoms with Crippen LogP contribution < -0.4 is 4.90 Å². The Balaban J connectivity index is 1.86. The summed E-state index contributed by atoms with van der Waals surface area (Å²) in [5, 5.41) is 1.05. The maximum atomic E-state index is 12.0. The van der Waals surface area contributed by atoms with Crippen LogP contribution in [0.3, 0.4) is 0 Å². The number of rotatable bonds is 3. The first kappa shape index (κ1) is 15.6. The van der Waals surface area contributed by atoms with E-state index >= 15 is 0 Å². The molecule has 1 aliphatic rings. The first-order chi connectivity index (χ1) is 12.3. The lowest BCUT2D eigenvalue weighted by Crippen LogP contribution is -2.37. The number of morpholine rings is 1. The normalized spacial score (nSPS) is 14.7. The Hall–Kier alpha value is -2.93. The van der Waals surface area contributed by atoms with Gasteiger partial charge < -0.3 is 19.4 Å². The molecular weight excluding hydrogens is 320 g/mol.